The van der Waals surface area contributed by atoms with Crippen molar-refractivity contribution in [2.75, 3.05) is 44.5 Å². The molecule has 1 saturated carbocycles. The quantitative estimate of drug-likeness (QED) is 0.225. The summed E-state index contributed by atoms with van der Waals surface area (Å²) in [5, 5.41) is 5.97. The van der Waals surface area contributed by atoms with E-state index in [0.717, 1.165) is 23.4 Å². The number of nitrogens with one attached hydrogen (secondary N) is 2. The van der Waals surface area contributed by atoms with Gasteiger partial charge in [0.25, 0.3) is 11.8 Å². The van der Waals surface area contributed by atoms with Crippen molar-refractivity contribution in [3.05, 3.63) is 77.6 Å². The number of furan rings is 1. The SMILES string of the molecule is CNC(=O)c1c(-c2ccc(F)cc2)oc2cc(N(CCF)S(C)(=O)=O)c(-c3cccc(C(=O)NC(COC)C4CC4)c3)cc12. The van der Waals surface area contributed by atoms with E-state index in [9.17, 15) is 26.8 Å². The number of nitrogens with zero attached hydrogens (tertiary/aromatic N) is 1. The summed E-state index contributed by atoms with van der Waals surface area (Å²) in [5.41, 5.74) is 1.97. The van der Waals surface area contributed by atoms with Crippen molar-refractivity contribution >= 4 is 38.5 Å². The highest BCUT2D eigenvalue weighted by Gasteiger charge is 2.33. The van der Waals surface area contributed by atoms with Crippen LogP contribution in [0.25, 0.3) is 33.4 Å². The van der Waals surface area contributed by atoms with E-state index in [4.69, 9.17) is 9.15 Å². The van der Waals surface area contributed by atoms with Gasteiger partial charge in [-0.2, -0.15) is 0 Å². The number of carbonyl (C=O) groups excluding carboxylic acids is 2. The first-order chi connectivity index (χ1) is 21.0. The van der Waals surface area contributed by atoms with Crippen LogP contribution in [0, 0.1) is 11.7 Å². The fourth-order valence-corrected chi connectivity index (χ4v) is 6.23. The molecule has 9 nitrogen and oxygen atoms in total. The zero-order valence-electron chi connectivity index (χ0n) is 24.5. The third-order valence-electron chi connectivity index (χ3n) is 7.61. The lowest BCUT2D eigenvalue weighted by molar-refractivity contribution is 0.0883. The van der Waals surface area contributed by atoms with E-state index < -0.39 is 35.0 Å². The van der Waals surface area contributed by atoms with Crippen LogP contribution in [0.5, 0.6) is 0 Å². The van der Waals surface area contributed by atoms with Gasteiger partial charge >= 0.3 is 0 Å². The summed E-state index contributed by atoms with van der Waals surface area (Å²) in [5.74, 6) is -0.778. The Morgan fingerprint density at radius 3 is 2.41 bits per heavy atom. The number of hydrogen-bond donors (Lipinski definition) is 2. The number of fused-ring (bicyclic) bond motifs is 1. The van der Waals surface area contributed by atoms with Crippen LogP contribution in [0.1, 0.15) is 33.6 Å². The Labute approximate surface area is 254 Å². The Kier molecular flexibility index (Phi) is 9.02. The molecule has 1 unspecified atom stereocenters. The lowest BCUT2D eigenvalue weighted by Gasteiger charge is -2.24. The summed E-state index contributed by atoms with van der Waals surface area (Å²) in [6.45, 7) is -1.05. The molecule has 1 aliphatic carbocycles. The molecule has 232 valence electrons. The van der Waals surface area contributed by atoms with Gasteiger partial charge in [0.1, 0.15) is 23.8 Å². The molecule has 0 spiro atoms. The molecule has 44 heavy (non-hydrogen) atoms. The number of rotatable bonds is 12. The lowest BCUT2D eigenvalue weighted by atomic mass is 9.97. The van der Waals surface area contributed by atoms with E-state index >= 15 is 0 Å². The molecule has 1 fully saturated rings. The van der Waals surface area contributed by atoms with Crippen LogP contribution in [0.4, 0.5) is 14.5 Å². The Bertz CT molecular complexity index is 1800. The predicted molar refractivity (Wildman–Crippen MR) is 164 cm³/mol. The molecule has 2 amide bonds. The first kappa shape index (κ1) is 31.1. The van der Waals surface area contributed by atoms with E-state index in [0.29, 0.717) is 40.2 Å². The van der Waals surface area contributed by atoms with Crippen molar-refractivity contribution in [3.63, 3.8) is 0 Å². The van der Waals surface area contributed by atoms with Crippen LogP contribution < -0.4 is 14.9 Å². The maximum Gasteiger partial charge on any atom is 0.255 e. The third kappa shape index (κ3) is 6.46. The molecule has 4 aromatic rings. The summed E-state index contributed by atoms with van der Waals surface area (Å²) in [6, 6.07) is 14.9. The van der Waals surface area contributed by atoms with Crippen LogP contribution in [0.15, 0.2) is 65.1 Å². The number of carbonyl (C=O) groups is 2. The fraction of sp³-hybridized carbons (Fsp3) is 0.312. The van der Waals surface area contributed by atoms with Crippen molar-refractivity contribution in [2.45, 2.75) is 18.9 Å². The van der Waals surface area contributed by atoms with Crippen LogP contribution >= 0.6 is 0 Å². The fourth-order valence-electron chi connectivity index (χ4n) is 5.32. The minimum atomic E-state index is -3.97. The lowest BCUT2D eigenvalue weighted by Crippen LogP contribution is -2.39. The Balaban J connectivity index is 1.71. The zero-order valence-corrected chi connectivity index (χ0v) is 25.3. The topological polar surface area (TPSA) is 118 Å². The number of alkyl halides is 1. The van der Waals surface area contributed by atoms with Gasteiger partial charge < -0.3 is 19.8 Å². The normalized spacial score (nSPS) is 13.9. The molecule has 0 saturated heterocycles. The van der Waals surface area contributed by atoms with Gasteiger partial charge in [-0.05, 0) is 66.8 Å². The van der Waals surface area contributed by atoms with Gasteiger partial charge in [0.05, 0.1) is 36.7 Å². The highest BCUT2D eigenvalue weighted by atomic mass is 32.2. The molecule has 3 aromatic carbocycles. The molecule has 0 bridgehead atoms. The molecule has 1 aromatic heterocycles. The third-order valence-corrected chi connectivity index (χ3v) is 8.79. The monoisotopic (exact) mass is 625 g/mol. The van der Waals surface area contributed by atoms with Gasteiger partial charge in [-0.1, -0.05) is 12.1 Å². The van der Waals surface area contributed by atoms with Gasteiger partial charge in [0.2, 0.25) is 10.0 Å². The highest BCUT2D eigenvalue weighted by Crippen LogP contribution is 2.42. The molecule has 5 rings (SSSR count). The van der Waals surface area contributed by atoms with Gasteiger partial charge in [-0.3, -0.25) is 13.9 Å². The van der Waals surface area contributed by atoms with Gasteiger partial charge in [-0.25, -0.2) is 17.2 Å². The van der Waals surface area contributed by atoms with E-state index in [-0.39, 0.29) is 34.5 Å². The minimum absolute atomic E-state index is 0.105. The summed E-state index contributed by atoms with van der Waals surface area (Å²) in [6.07, 6.45) is 2.98. The molecule has 1 atom stereocenters. The first-order valence-electron chi connectivity index (χ1n) is 14.1. The molecule has 12 heteroatoms. The Hall–Kier alpha value is -4.29. The predicted octanol–water partition coefficient (Wildman–Crippen LogP) is 5.16. The second kappa shape index (κ2) is 12.7. The summed E-state index contributed by atoms with van der Waals surface area (Å²) in [7, 11) is -0.939. The summed E-state index contributed by atoms with van der Waals surface area (Å²) < 4.78 is 65.5. The van der Waals surface area contributed by atoms with Crippen LogP contribution in [-0.2, 0) is 14.8 Å². The second-order valence-corrected chi connectivity index (χ2v) is 12.6. The number of benzene rings is 3. The Morgan fingerprint density at radius 2 is 1.80 bits per heavy atom. The highest BCUT2D eigenvalue weighted by molar-refractivity contribution is 7.92. The zero-order chi connectivity index (χ0) is 31.6. The molecule has 0 aliphatic heterocycles. The van der Waals surface area contributed by atoms with Crippen molar-refractivity contribution in [1.82, 2.24) is 10.6 Å². The van der Waals surface area contributed by atoms with Gasteiger partial charge in [-0.15, -0.1) is 0 Å². The maximum atomic E-state index is 13.7. The van der Waals surface area contributed by atoms with Crippen molar-refractivity contribution in [2.24, 2.45) is 5.92 Å². The summed E-state index contributed by atoms with van der Waals surface area (Å²) >= 11 is 0. The van der Waals surface area contributed by atoms with E-state index in [1.165, 1.54) is 37.4 Å². The molecular weight excluding hydrogens is 592 g/mol. The number of ether oxygens (including phenoxy) is 1. The molecule has 0 radical (unpaired) electrons. The molecule has 2 N–H and O–H groups in total. The minimum Gasteiger partial charge on any atom is -0.455 e. The van der Waals surface area contributed by atoms with Gasteiger partial charge in [0.15, 0.2) is 0 Å². The smallest absolute Gasteiger partial charge is 0.255 e. The van der Waals surface area contributed by atoms with E-state index in [1.54, 1.807) is 37.4 Å². The van der Waals surface area contributed by atoms with Crippen molar-refractivity contribution in [3.8, 4) is 22.5 Å². The van der Waals surface area contributed by atoms with Crippen molar-refractivity contribution in [1.29, 1.82) is 0 Å². The second-order valence-electron chi connectivity index (χ2n) is 10.7. The molecule has 1 aliphatic rings. The average molecular weight is 626 g/mol. The number of amides is 2. The number of hydrogen-bond acceptors (Lipinski definition) is 6. The Morgan fingerprint density at radius 1 is 1.07 bits per heavy atom. The van der Waals surface area contributed by atoms with E-state index in [2.05, 4.69) is 10.6 Å². The molecule has 1 heterocycles. The van der Waals surface area contributed by atoms with Gasteiger partial charge in [0, 0.05) is 42.3 Å². The largest absolute Gasteiger partial charge is 0.455 e. The average Bonchev–Trinajstić information content (AvgIpc) is 3.79. The standard InChI is InChI=1S/C32H33F2N3O6S/c1-35-32(39)29-25-16-24(21-5-4-6-22(15-21)31(38)36-26(18-42-2)19-7-8-19)27(37(14-13-33)44(3,40)41)17-28(25)43-30(29)20-9-11-23(34)12-10-20/h4-6,9-12,15-17,19,26H,7-8,13-14,18H2,1-3H3,(H,35,39)(H,36,38). The summed E-state index contributed by atoms with van der Waals surface area (Å²) in [4.78, 5) is 26.5. The maximum absolute atomic E-state index is 13.7. The van der Waals surface area contributed by atoms with E-state index in [1.807, 2.05) is 0 Å². The number of anilines is 1. The number of sulfonamides is 1. The number of halogens is 2. The van der Waals surface area contributed by atoms with Crippen LogP contribution in [0.3, 0.4) is 0 Å². The first-order valence-corrected chi connectivity index (χ1v) is 15.9. The van der Waals surface area contributed by atoms with Crippen LogP contribution in [-0.4, -0.2) is 66.5 Å². The van der Waals surface area contributed by atoms with Crippen molar-refractivity contribution < 1.29 is 35.9 Å². The molecular formula is C32H33F2N3O6S. The number of methoxy groups -OCH3 is 1. The van der Waals surface area contributed by atoms with Crippen LogP contribution in [0.2, 0.25) is 0 Å².